The molecule has 0 fully saturated rings. The Balaban J connectivity index is 2.59. The third kappa shape index (κ3) is 2.59. The smallest absolute Gasteiger partial charge is 0.312 e. The van der Waals surface area contributed by atoms with Crippen LogP contribution in [0, 0.1) is 11.8 Å². The van der Waals surface area contributed by atoms with Crippen molar-refractivity contribution in [3.05, 3.63) is 35.4 Å². The van der Waals surface area contributed by atoms with Gasteiger partial charge in [-0.25, -0.2) is 0 Å². The van der Waals surface area contributed by atoms with Gasteiger partial charge in [-0.05, 0) is 35.3 Å². The maximum absolute atomic E-state index is 12.2. The molecule has 3 nitrogen and oxygen atoms in total. The highest BCUT2D eigenvalue weighted by atomic mass is 16.5. The Morgan fingerprint density at radius 3 is 2.29 bits per heavy atom. The van der Waals surface area contributed by atoms with E-state index >= 15 is 0 Å². The number of aliphatic hydroxyl groups is 1. The summed E-state index contributed by atoms with van der Waals surface area (Å²) in [6.07, 6.45) is 1.43. The minimum atomic E-state index is -1.15. The van der Waals surface area contributed by atoms with Crippen LogP contribution in [0.2, 0.25) is 0 Å². The van der Waals surface area contributed by atoms with Gasteiger partial charge in [0.1, 0.15) is 5.60 Å². The summed E-state index contributed by atoms with van der Waals surface area (Å²) in [5, 5.41) is 11.4. The minimum Gasteiger partial charge on any atom is -0.469 e. The van der Waals surface area contributed by atoms with E-state index in [4.69, 9.17) is 4.74 Å². The zero-order chi connectivity index (χ0) is 15.8. The molecule has 1 aromatic rings. The molecular weight excluding hydrogens is 264 g/mol. The number of methoxy groups -OCH3 is 1. The van der Waals surface area contributed by atoms with Crippen LogP contribution in [-0.2, 0) is 20.5 Å². The van der Waals surface area contributed by atoms with E-state index < -0.39 is 11.5 Å². The Kier molecular flexibility index (Phi) is 4.16. The highest BCUT2D eigenvalue weighted by Gasteiger charge is 2.50. The molecule has 0 aliphatic heterocycles. The lowest BCUT2D eigenvalue weighted by Gasteiger charge is -2.46. The van der Waals surface area contributed by atoms with Gasteiger partial charge in [-0.15, -0.1) is 0 Å². The molecule has 0 bridgehead atoms. The van der Waals surface area contributed by atoms with Crippen LogP contribution in [0.3, 0.4) is 0 Å². The lowest BCUT2D eigenvalue weighted by Crippen LogP contribution is -2.48. The van der Waals surface area contributed by atoms with Crippen molar-refractivity contribution in [1.29, 1.82) is 0 Å². The molecule has 0 saturated heterocycles. The molecule has 0 saturated carbocycles. The van der Waals surface area contributed by atoms with Gasteiger partial charge in [-0.3, -0.25) is 4.79 Å². The summed E-state index contributed by atoms with van der Waals surface area (Å²) in [7, 11) is 1.39. The van der Waals surface area contributed by atoms with Crippen molar-refractivity contribution in [2.75, 3.05) is 7.11 Å². The standard InChI is InChI=1S/C18H26O3/c1-12(2)15(16(19)21-5)18(20)11-10-17(3,4)13-8-6-7-9-14(13)18/h6-9,12,15,20H,10-11H2,1-5H3. The molecule has 2 atom stereocenters. The zero-order valence-electron chi connectivity index (χ0n) is 13.6. The van der Waals surface area contributed by atoms with Gasteiger partial charge in [0.25, 0.3) is 0 Å². The molecular formula is C18H26O3. The molecule has 2 unspecified atom stereocenters. The normalized spacial score (nSPS) is 25.3. The Bertz CT molecular complexity index is 533. The first kappa shape index (κ1) is 16.0. The highest BCUT2D eigenvalue weighted by molar-refractivity contribution is 5.75. The van der Waals surface area contributed by atoms with Crippen molar-refractivity contribution in [2.45, 2.75) is 51.6 Å². The first-order chi connectivity index (χ1) is 9.74. The number of rotatable bonds is 3. The van der Waals surface area contributed by atoms with E-state index in [1.165, 1.54) is 7.11 Å². The molecule has 0 aromatic heterocycles. The van der Waals surface area contributed by atoms with Crippen molar-refractivity contribution in [1.82, 2.24) is 0 Å². The number of carbonyl (C=O) groups is 1. The molecule has 1 N–H and O–H groups in total. The molecule has 3 heteroatoms. The fourth-order valence-electron chi connectivity index (χ4n) is 3.69. The number of fused-ring (bicyclic) bond motifs is 1. The number of hydrogen-bond donors (Lipinski definition) is 1. The summed E-state index contributed by atoms with van der Waals surface area (Å²) in [5.41, 5.74) is 0.882. The van der Waals surface area contributed by atoms with Crippen molar-refractivity contribution >= 4 is 5.97 Å². The summed E-state index contributed by atoms with van der Waals surface area (Å²) in [4.78, 5) is 12.2. The maximum Gasteiger partial charge on any atom is 0.312 e. The van der Waals surface area contributed by atoms with Gasteiger partial charge in [0, 0.05) is 0 Å². The second kappa shape index (κ2) is 5.45. The maximum atomic E-state index is 12.2. The van der Waals surface area contributed by atoms with Gasteiger partial charge in [-0.2, -0.15) is 0 Å². The van der Waals surface area contributed by atoms with Crippen LogP contribution in [0.25, 0.3) is 0 Å². The second-order valence-electron chi connectivity index (χ2n) is 7.10. The quantitative estimate of drug-likeness (QED) is 0.868. The SMILES string of the molecule is COC(=O)C(C(C)C)C1(O)CCC(C)(C)c2ccccc21. The van der Waals surface area contributed by atoms with Gasteiger partial charge in [0.05, 0.1) is 13.0 Å². The summed E-state index contributed by atoms with van der Waals surface area (Å²) >= 11 is 0. The van der Waals surface area contributed by atoms with Crippen LogP contribution in [0.15, 0.2) is 24.3 Å². The summed E-state index contributed by atoms with van der Waals surface area (Å²) in [5.74, 6) is -0.863. The summed E-state index contributed by atoms with van der Waals surface area (Å²) in [6, 6.07) is 7.94. The van der Waals surface area contributed by atoms with Crippen LogP contribution in [0.4, 0.5) is 0 Å². The van der Waals surface area contributed by atoms with E-state index in [0.717, 1.165) is 17.5 Å². The fourth-order valence-corrected chi connectivity index (χ4v) is 3.69. The van der Waals surface area contributed by atoms with E-state index in [1.54, 1.807) is 0 Å². The molecule has 21 heavy (non-hydrogen) atoms. The van der Waals surface area contributed by atoms with Crippen LogP contribution in [-0.4, -0.2) is 18.2 Å². The van der Waals surface area contributed by atoms with Crippen molar-refractivity contribution in [3.8, 4) is 0 Å². The van der Waals surface area contributed by atoms with Gasteiger partial charge in [0.2, 0.25) is 0 Å². The number of hydrogen-bond acceptors (Lipinski definition) is 3. The number of benzene rings is 1. The monoisotopic (exact) mass is 290 g/mol. The molecule has 0 heterocycles. The molecule has 0 amide bonds. The van der Waals surface area contributed by atoms with E-state index in [0.29, 0.717) is 6.42 Å². The lowest BCUT2D eigenvalue weighted by atomic mass is 9.61. The van der Waals surface area contributed by atoms with Crippen molar-refractivity contribution < 1.29 is 14.6 Å². The Morgan fingerprint density at radius 1 is 1.19 bits per heavy atom. The molecule has 0 radical (unpaired) electrons. The van der Waals surface area contributed by atoms with E-state index in [2.05, 4.69) is 19.9 Å². The number of ether oxygens (including phenoxy) is 1. The van der Waals surface area contributed by atoms with Crippen LogP contribution >= 0.6 is 0 Å². The van der Waals surface area contributed by atoms with Crippen LogP contribution in [0.5, 0.6) is 0 Å². The average Bonchev–Trinajstić information content (AvgIpc) is 2.44. The number of carbonyl (C=O) groups excluding carboxylic acids is 1. The Morgan fingerprint density at radius 2 is 1.76 bits per heavy atom. The molecule has 1 aromatic carbocycles. The molecule has 2 rings (SSSR count). The van der Waals surface area contributed by atoms with Crippen LogP contribution in [0.1, 0.15) is 51.7 Å². The Hall–Kier alpha value is -1.35. The molecule has 1 aliphatic rings. The lowest BCUT2D eigenvalue weighted by molar-refractivity contribution is -0.162. The molecule has 116 valence electrons. The minimum absolute atomic E-state index is 0.0109. The largest absolute Gasteiger partial charge is 0.469 e. The van der Waals surface area contributed by atoms with Gasteiger partial charge in [0.15, 0.2) is 0 Å². The summed E-state index contributed by atoms with van der Waals surface area (Å²) < 4.78 is 4.96. The third-order valence-corrected chi connectivity index (χ3v) is 4.89. The van der Waals surface area contributed by atoms with Crippen molar-refractivity contribution in [3.63, 3.8) is 0 Å². The van der Waals surface area contributed by atoms with E-state index in [9.17, 15) is 9.90 Å². The van der Waals surface area contributed by atoms with E-state index in [-0.39, 0.29) is 17.3 Å². The second-order valence-corrected chi connectivity index (χ2v) is 7.10. The predicted molar refractivity (Wildman–Crippen MR) is 82.9 cm³/mol. The van der Waals surface area contributed by atoms with E-state index in [1.807, 2.05) is 32.0 Å². The highest BCUT2D eigenvalue weighted by Crippen LogP contribution is 2.49. The predicted octanol–water partition coefficient (Wildman–Crippen LogP) is 3.39. The number of esters is 1. The molecule has 1 aliphatic carbocycles. The first-order valence-corrected chi connectivity index (χ1v) is 7.64. The summed E-state index contributed by atoms with van der Waals surface area (Å²) in [6.45, 7) is 8.30. The van der Waals surface area contributed by atoms with Gasteiger partial charge >= 0.3 is 5.97 Å². The van der Waals surface area contributed by atoms with Gasteiger partial charge in [-0.1, -0.05) is 52.0 Å². The average molecular weight is 290 g/mol. The van der Waals surface area contributed by atoms with Crippen LogP contribution < -0.4 is 0 Å². The zero-order valence-corrected chi connectivity index (χ0v) is 13.6. The fraction of sp³-hybridized carbons (Fsp3) is 0.611. The van der Waals surface area contributed by atoms with Crippen molar-refractivity contribution in [2.24, 2.45) is 11.8 Å². The topological polar surface area (TPSA) is 46.5 Å². The third-order valence-electron chi connectivity index (χ3n) is 4.89. The van der Waals surface area contributed by atoms with Gasteiger partial charge < -0.3 is 9.84 Å². The first-order valence-electron chi connectivity index (χ1n) is 7.64. The Labute approximate surface area is 127 Å². The molecule has 0 spiro atoms.